The summed E-state index contributed by atoms with van der Waals surface area (Å²) < 4.78 is 0.477. The van der Waals surface area contributed by atoms with Gasteiger partial charge in [0.15, 0.2) is 15.8 Å². The predicted octanol–water partition coefficient (Wildman–Crippen LogP) is 4.85. The van der Waals surface area contributed by atoms with Crippen LogP contribution < -0.4 is 4.90 Å². The molecule has 1 saturated heterocycles. The number of aryl methyl sites for hydroxylation is 1. The zero-order chi connectivity index (χ0) is 18.7. The zero-order valence-corrected chi connectivity index (χ0v) is 15.9. The molecule has 0 saturated carbocycles. The second-order valence-corrected chi connectivity index (χ2v) is 7.71. The Morgan fingerprint density at radius 3 is 2.50 bits per heavy atom. The van der Waals surface area contributed by atoms with Gasteiger partial charge in [-0.05, 0) is 54.3 Å². The highest BCUT2D eigenvalue weighted by Gasteiger charge is 2.33. The number of amides is 1. The standard InChI is InChI=1S/C20H19NO3S2/c1-2-3-4-13-5-8-15(9-6-13)21-19(24)18(26-20(21)25)12-14-7-10-16(22)17(23)11-14/h5-12,22-23H,2-4H2,1H3. The van der Waals surface area contributed by atoms with Gasteiger partial charge in [-0.15, -0.1) is 0 Å². The molecule has 1 fully saturated rings. The number of unbranched alkanes of at least 4 members (excludes halogenated alkanes) is 1. The van der Waals surface area contributed by atoms with Gasteiger partial charge in [0.2, 0.25) is 0 Å². The first kappa shape index (κ1) is 18.5. The average molecular weight is 386 g/mol. The Bertz CT molecular complexity index is 875. The lowest BCUT2D eigenvalue weighted by Crippen LogP contribution is -2.27. The molecular weight excluding hydrogens is 366 g/mol. The molecule has 2 aromatic carbocycles. The van der Waals surface area contributed by atoms with E-state index in [4.69, 9.17) is 12.2 Å². The van der Waals surface area contributed by atoms with Crippen LogP contribution in [0.3, 0.4) is 0 Å². The van der Waals surface area contributed by atoms with E-state index in [0.29, 0.717) is 14.8 Å². The number of phenolic OH excluding ortho intramolecular Hbond substituents is 2. The molecule has 6 heteroatoms. The molecule has 0 spiro atoms. The summed E-state index contributed by atoms with van der Waals surface area (Å²) >= 11 is 6.60. The van der Waals surface area contributed by atoms with Gasteiger partial charge in [0, 0.05) is 0 Å². The smallest absolute Gasteiger partial charge is 0.270 e. The molecule has 1 aliphatic heterocycles. The number of thioether (sulfide) groups is 1. The Hall–Kier alpha value is -2.31. The van der Waals surface area contributed by atoms with Crippen LogP contribution in [0, 0.1) is 0 Å². The number of rotatable bonds is 5. The molecule has 2 N–H and O–H groups in total. The monoisotopic (exact) mass is 385 g/mol. The molecule has 134 valence electrons. The summed E-state index contributed by atoms with van der Waals surface area (Å²) in [4.78, 5) is 14.8. The highest BCUT2D eigenvalue weighted by molar-refractivity contribution is 8.27. The summed E-state index contributed by atoms with van der Waals surface area (Å²) in [5, 5.41) is 19.0. The summed E-state index contributed by atoms with van der Waals surface area (Å²) in [6.45, 7) is 2.16. The summed E-state index contributed by atoms with van der Waals surface area (Å²) in [6.07, 6.45) is 4.98. The van der Waals surface area contributed by atoms with Crippen LogP contribution in [0.15, 0.2) is 47.4 Å². The van der Waals surface area contributed by atoms with Gasteiger partial charge in [0.25, 0.3) is 5.91 Å². The fourth-order valence-electron chi connectivity index (χ4n) is 2.66. The van der Waals surface area contributed by atoms with E-state index in [0.717, 1.165) is 24.9 Å². The highest BCUT2D eigenvalue weighted by atomic mass is 32.2. The van der Waals surface area contributed by atoms with Crippen molar-refractivity contribution in [3.8, 4) is 11.5 Å². The number of thiocarbonyl (C=S) groups is 1. The van der Waals surface area contributed by atoms with Crippen molar-refractivity contribution in [2.45, 2.75) is 26.2 Å². The van der Waals surface area contributed by atoms with E-state index < -0.39 is 0 Å². The van der Waals surface area contributed by atoms with Crippen LogP contribution in [0.4, 0.5) is 5.69 Å². The van der Waals surface area contributed by atoms with Gasteiger partial charge in [0.05, 0.1) is 10.6 Å². The van der Waals surface area contributed by atoms with Crippen molar-refractivity contribution in [2.24, 2.45) is 0 Å². The minimum absolute atomic E-state index is 0.186. The van der Waals surface area contributed by atoms with E-state index in [9.17, 15) is 15.0 Å². The lowest BCUT2D eigenvalue weighted by atomic mass is 10.1. The van der Waals surface area contributed by atoms with Gasteiger partial charge in [0.1, 0.15) is 0 Å². The summed E-state index contributed by atoms with van der Waals surface area (Å²) in [5.41, 5.74) is 2.62. The van der Waals surface area contributed by atoms with E-state index in [1.807, 2.05) is 24.3 Å². The average Bonchev–Trinajstić information content (AvgIpc) is 2.90. The van der Waals surface area contributed by atoms with Crippen molar-refractivity contribution in [1.82, 2.24) is 0 Å². The van der Waals surface area contributed by atoms with Gasteiger partial charge in [-0.25, -0.2) is 0 Å². The molecule has 0 bridgehead atoms. The molecule has 0 aliphatic carbocycles. The number of aromatic hydroxyl groups is 2. The normalized spacial score (nSPS) is 15.9. The maximum absolute atomic E-state index is 12.8. The van der Waals surface area contributed by atoms with Crippen molar-refractivity contribution >= 4 is 46.0 Å². The van der Waals surface area contributed by atoms with Gasteiger partial charge in [-0.2, -0.15) is 0 Å². The van der Waals surface area contributed by atoms with Crippen LogP contribution in [0.2, 0.25) is 0 Å². The predicted molar refractivity (Wildman–Crippen MR) is 110 cm³/mol. The minimum Gasteiger partial charge on any atom is -0.504 e. The Morgan fingerprint density at radius 1 is 1.12 bits per heavy atom. The quantitative estimate of drug-likeness (QED) is 0.438. The number of carbonyl (C=O) groups is 1. The second kappa shape index (κ2) is 7.93. The molecule has 3 rings (SSSR count). The van der Waals surface area contributed by atoms with Gasteiger partial charge < -0.3 is 10.2 Å². The number of hydrogen-bond acceptors (Lipinski definition) is 5. The van der Waals surface area contributed by atoms with Crippen LogP contribution in [-0.2, 0) is 11.2 Å². The Kier molecular flexibility index (Phi) is 5.64. The van der Waals surface area contributed by atoms with E-state index in [1.165, 1.54) is 34.4 Å². The van der Waals surface area contributed by atoms with Crippen molar-refractivity contribution < 1.29 is 15.0 Å². The molecule has 0 aromatic heterocycles. The third-order valence-electron chi connectivity index (χ3n) is 4.10. The number of hydrogen-bond donors (Lipinski definition) is 2. The third-order valence-corrected chi connectivity index (χ3v) is 5.41. The van der Waals surface area contributed by atoms with Gasteiger partial charge >= 0.3 is 0 Å². The maximum atomic E-state index is 12.8. The number of phenols is 2. The lowest BCUT2D eigenvalue weighted by molar-refractivity contribution is -0.113. The summed E-state index contributed by atoms with van der Waals surface area (Å²) in [7, 11) is 0. The van der Waals surface area contributed by atoms with Crippen molar-refractivity contribution in [3.05, 3.63) is 58.5 Å². The Balaban J connectivity index is 1.82. The molecular formula is C20H19NO3S2. The van der Waals surface area contributed by atoms with Crippen LogP contribution in [-0.4, -0.2) is 20.4 Å². The fourth-order valence-corrected chi connectivity index (χ4v) is 3.96. The molecule has 1 aliphatic rings. The Morgan fingerprint density at radius 2 is 1.85 bits per heavy atom. The van der Waals surface area contributed by atoms with Crippen molar-refractivity contribution in [3.63, 3.8) is 0 Å². The largest absolute Gasteiger partial charge is 0.504 e. The molecule has 4 nitrogen and oxygen atoms in total. The summed E-state index contributed by atoms with van der Waals surface area (Å²) in [5.74, 6) is -0.608. The fraction of sp³-hybridized carbons (Fsp3) is 0.200. The molecule has 0 atom stereocenters. The van der Waals surface area contributed by atoms with Crippen molar-refractivity contribution in [1.29, 1.82) is 0 Å². The molecule has 26 heavy (non-hydrogen) atoms. The summed E-state index contributed by atoms with van der Waals surface area (Å²) in [6, 6.07) is 12.3. The molecule has 1 heterocycles. The van der Waals surface area contributed by atoms with E-state index in [1.54, 1.807) is 12.1 Å². The van der Waals surface area contributed by atoms with Crippen LogP contribution in [0.25, 0.3) is 6.08 Å². The number of benzene rings is 2. The first-order valence-corrected chi connectivity index (χ1v) is 9.61. The first-order valence-electron chi connectivity index (χ1n) is 8.38. The molecule has 1 amide bonds. The van der Waals surface area contributed by atoms with Crippen molar-refractivity contribution in [2.75, 3.05) is 4.90 Å². The van der Waals surface area contributed by atoms with E-state index in [2.05, 4.69) is 6.92 Å². The van der Waals surface area contributed by atoms with Gasteiger partial charge in [-0.3, -0.25) is 9.69 Å². The van der Waals surface area contributed by atoms with E-state index >= 15 is 0 Å². The van der Waals surface area contributed by atoms with Gasteiger partial charge in [-0.1, -0.05) is 55.5 Å². The lowest BCUT2D eigenvalue weighted by Gasteiger charge is -2.15. The Labute approximate surface area is 162 Å². The third kappa shape index (κ3) is 3.92. The minimum atomic E-state index is -0.225. The van der Waals surface area contributed by atoms with E-state index in [-0.39, 0.29) is 17.4 Å². The highest BCUT2D eigenvalue weighted by Crippen LogP contribution is 2.37. The second-order valence-electron chi connectivity index (χ2n) is 6.04. The van der Waals surface area contributed by atoms with Crippen LogP contribution in [0.5, 0.6) is 11.5 Å². The molecule has 2 aromatic rings. The molecule has 0 unspecified atom stereocenters. The topological polar surface area (TPSA) is 60.8 Å². The number of nitrogens with zero attached hydrogens (tertiary/aromatic N) is 1. The molecule has 0 radical (unpaired) electrons. The van der Waals surface area contributed by atoms with Crippen LogP contribution >= 0.6 is 24.0 Å². The number of anilines is 1. The van der Waals surface area contributed by atoms with Crippen LogP contribution in [0.1, 0.15) is 30.9 Å². The maximum Gasteiger partial charge on any atom is 0.270 e. The number of carbonyl (C=O) groups excluding carboxylic acids is 1. The zero-order valence-electron chi connectivity index (χ0n) is 14.3. The first-order chi connectivity index (χ1) is 12.5. The SMILES string of the molecule is CCCCc1ccc(N2C(=O)C(=Cc3ccc(O)c(O)c3)SC2=S)cc1.